The Morgan fingerprint density at radius 2 is 2.05 bits per heavy atom. The van der Waals surface area contributed by atoms with E-state index in [2.05, 4.69) is 54.4 Å². The van der Waals surface area contributed by atoms with Gasteiger partial charge in [-0.15, -0.1) is 11.3 Å². The summed E-state index contributed by atoms with van der Waals surface area (Å²) in [6.45, 7) is 11.7. The molecule has 5 heteroatoms. The van der Waals surface area contributed by atoms with Gasteiger partial charge in [0.25, 0.3) is 0 Å². The average Bonchev–Trinajstić information content (AvgIpc) is 2.91. The van der Waals surface area contributed by atoms with Gasteiger partial charge in [-0.3, -0.25) is 0 Å². The van der Waals surface area contributed by atoms with Crippen molar-refractivity contribution in [2.24, 2.45) is 0 Å². The van der Waals surface area contributed by atoms with E-state index in [9.17, 15) is 0 Å². The van der Waals surface area contributed by atoms with E-state index in [0.29, 0.717) is 12.5 Å². The van der Waals surface area contributed by atoms with Crippen molar-refractivity contribution in [2.45, 2.75) is 46.6 Å². The summed E-state index contributed by atoms with van der Waals surface area (Å²) in [4.78, 5) is 10.4. The summed E-state index contributed by atoms with van der Waals surface area (Å²) in [5.74, 6) is 2.32. The summed E-state index contributed by atoms with van der Waals surface area (Å²) in [5, 5.41) is 5.35. The van der Waals surface area contributed by atoms with Crippen LogP contribution in [0.15, 0.2) is 17.5 Å². The van der Waals surface area contributed by atoms with Crippen molar-refractivity contribution < 1.29 is 4.74 Å². The highest BCUT2D eigenvalue weighted by Gasteiger charge is 2.21. The van der Waals surface area contributed by atoms with Crippen molar-refractivity contribution in [3.8, 4) is 5.88 Å². The van der Waals surface area contributed by atoms with Crippen LogP contribution in [0.4, 0.5) is 5.82 Å². The Morgan fingerprint density at radius 1 is 1.29 bits per heavy atom. The molecule has 0 unspecified atom stereocenters. The first-order chi connectivity index (χ1) is 9.91. The maximum atomic E-state index is 5.92. The van der Waals surface area contributed by atoms with Gasteiger partial charge in [0.1, 0.15) is 18.2 Å². The third-order valence-electron chi connectivity index (χ3n) is 3.05. The molecule has 2 aromatic heterocycles. The Kier molecular flexibility index (Phi) is 4.83. The van der Waals surface area contributed by atoms with Crippen LogP contribution in [0.2, 0.25) is 0 Å². The molecule has 0 aliphatic heterocycles. The minimum absolute atomic E-state index is 0.112. The molecule has 21 heavy (non-hydrogen) atoms. The van der Waals surface area contributed by atoms with E-state index in [-0.39, 0.29) is 5.41 Å². The number of hydrogen-bond acceptors (Lipinski definition) is 5. The van der Waals surface area contributed by atoms with Crippen LogP contribution in [-0.4, -0.2) is 16.5 Å². The summed E-state index contributed by atoms with van der Waals surface area (Å²) in [6, 6.07) is 4.10. The van der Waals surface area contributed by atoms with E-state index in [0.717, 1.165) is 23.8 Å². The Labute approximate surface area is 130 Å². The monoisotopic (exact) mass is 305 g/mol. The molecule has 0 radical (unpaired) electrons. The van der Waals surface area contributed by atoms with Crippen molar-refractivity contribution in [1.82, 2.24) is 9.97 Å². The zero-order chi connectivity index (χ0) is 15.5. The van der Waals surface area contributed by atoms with Crippen LogP contribution in [0.3, 0.4) is 0 Å². The Morgan fingerprint density at radius 3 is 2.62 bits per heavy atom. The lowest BCUT2D eigenvalue weighted by Crippen LogP contribution is -2.19. The molecule has 114 valence electrons. The van der Waals surface area contributed by atoms with Gasteiger partial charge in [0.2, 0.25) is 5.88 Å². The second kappa shape index (κ2) is 6.43. The zero-order valence-corrected chi connectivity index (χ0v) is 14.2. The summed E-state index contributed by atoms with van der Waals surface area (Å²) in [6.07, 6.45) is 0. The number of nitrogens with zero attached hydrogens (tertiary/aromatic N) is 2. The molecule has 0 fully saturated rings. The van der Waals surface area contributed by atoms with Gasteiger partial charge in [-0.2, -0.15) is 4.98 Å². The number of hydrogen-bond donors (Lipinski definition) is 1. The first kappa shape index (κ1) is 15.8. The summed E-state index contributed by atoms with van der Waals surface area (Å²) >= 11 is 1.69. The second-order valence-corrected chi connectivity index (χ2v) is 7.01. The van der Waals surface area contributed by atoms with Gasteiger partial charge in [-0.05, 0) is 25.3 Å². The van der Waals surface area contributed by atoms with Gasteiger partial charge < -0.3 is 10.1 Å². The molecular formula is C16H23N3OS. The molecule has 4 nitrogen and oxygen atoms in total. The van der Waals surface area contributed by atoms with Crippen LogP contribution in [0.25, 0.3) is 0 Å². The van der Waals surface area contributed by atoms with Crippen LogP contribution >= 0.6 is 11.3 Å². The van der Waals surface area contributed by atoms with E-state index in [1.807, 2.05) is 13.0 Å². The smallest absolute Gasteiger partial charge is 0.222 e. The van der Waals surface area contributed by atoms with Crippen LogP contribution in [0.5, 0.6) is 5.88 Å². The number of nitrogens with one attached hydrogen (secondary N) is 1. The number of aromatic nitrogens is 2. The Balaban J connectivity index is 2.31. The molecule has 2 heterocycles. The zero-order valence-electron chi connectivity index (χ0n) is 13.4. The minimum atomic E-state index is -0.112. The molecule has 0 aliphatic rings. The van der Waals surface area contributed by atoms with Crippen molar-refractivity contribution >= 4 is 17.2 Å². The molecule has 2 rings (SSSR count). The van der Waals surface area contributed by atoms with E-state index >= 15 is 0 Å². The molecule has 2 aromatic rings. The Hall–Kier alpha value is -1.62. The van der Waals surface area contributed by atoms with Crippen molar-refractivity contribution in [3.05, 3.63) is 33.8 Å². The predicted molar refractivity (Wildman–Crippen MR) is 88.3 cm³/mol. The highest BCUT2D eigenvalue weighted by molar-refractivity contribution is 7.09. The molecule has 0 saturated carbocycles. The summed E-state index contributed by atoms with van der Waals surface area (Å²) in [7, 11) is 0. The van der Waals surface area contributed by atoms with Gasteiger partial charge in [-0.25, -0.2) is 4.98 Å². The lowest BCUT2D eigenvalue weighted by atomic mass is 9.95. The van der Waals surface area contributed by atoms with Crippen molar-refractivity contribution in [3.63, 3.8) is 0 Å². The third kappa shape index (κ3) is 3.94. The molecule has 0 bridgehead atoms. The topological polar surface area (TPSA) is 47.0 Å². The van der Waals surface area contributed by atoms with Gasteiger partial charge in [-0.1, -0.05) is 26.8 Å². The quantitative estimate of drug-likeness (QED) is 0.901. The largest absolute Gasteiger partial charge is 0.472 e. The SMILES string of the molecule is CCNc1nc(C(C)(C)C)nc(OCc2cccs2)c1C. The van der Waals surface area contributed by atoms with E-state index < -0.39 is 0 Å². The fourth-order valence-electron chi connectivity index (χ4n) is 1.85. The Bertz CT molecular complexity index is 588. The maximum absolute atomic E-state index is 5.92. The average molecular weight is 305 g/mol. The van der Waals surface area contributed by atoms with Gasteiger partial charge in [0, 0.05) is 16.8 Å². The molecular weight excluding hydrogens is 282 g/mol. The fraction of sp³-hybridized carbons (Fsp3) is 0.500. The number of rotatable bonds is 5. The summed E-state index contributed by atoms with van der Waals surface area (Å²) < 4.78 is 5.92. The maximum Gasteiger partial charge on any atom is 0.222 e. The standard InChI is InChI=1S/C16H23N3OS/c1-6-17-13-11(2)14(19-15(18-13)16(3,4)5)20-10-12-8-7-9-21-12/h7-9H,6,10H2,1-5H3,(H,17,18,19). The minimum Gasteiger partial charge on any atom is -0.472 e. The van der Waals surface area contributed by atoms with Crippen LogP contribution in [0, 0.1) is 6.92 Å². The van der Waals surface area contributed by atoms with Crippen molar-refractivity contribution in [1.29, 1.82) is 0 Å². The normalized spacial score (nSPS) is 11.5. The third-order valence-corrected chi connectivity index (χ3v) is 3.90. The van der Waals surface area contributed by atoms with Crippen LogP contribution in [0.1, 0.15) is 44.0 Å². The number of ether oxygens (including phenoxy) is 1. The molecule has 0 atom stereocenters. The predicted octanol–water partition coefficient (Wildman–Crippen LogP) is 4.15. The highest BCUT2D eigenvalue weighted by Crippen LogP contribution is 2.28. The van der Waals surface area contributed by atoms with E-state index in [1.165, 1.54) is 4.88 Å². The van der Waals surface area contributed by atoms with Gasteiger partial charge in [0.15, 0.2) is 0 Å². The molecule has 0 spiro atoms. The van der Waals surface area contributed by atoms with E-state index in [4.69, 9.17) is 4.74 Å². The first-order valence-electron chi connectivity index (χ1n) is 7.20. The molecule has 0 saturated heterocycles. The number of thiophene rings is 1. The van der Waals surface area contributed by atoms with E-state index in [1.54, 1.807) is 11.3 Å². The van der Waals surface area contributed by atoms with Gasteiger partial charge in [0.05, 0.1) is 5.56 Å². The summed E-state index contributed by atoms with van der Waals surface area (Å²) in [5.41, 5.74) is 0.847. The highest BCUT2D eigenvalue weighted by atomic mass is 32.1. The number of anilines is 1. The molecule has 1 N–H and O–H groups in total. The van der Waals surface area contributed by atoms with Crippen molar-refractivity contribution in [2.75, 3.05) is 11.9 Å². The molecule has 0 aliphatic carbocycles. The fourth-order valence-corrected chi connectivity index (χ4v) is 2.46. The molecule has 0 amide bonds. The first-order valence-corrected chi connectivity index (χ1v) is 8.08. The second-order valence-electron chi connectivity index (χ2n) is 5.97. The lowest BCUT2D eigenvalue weighted by molar-refractivity contribution is 0.291. The van der Waals surface area contributed by atoms with Gasteiger partial charge >= 0.3 is 0 Å². The van der Waals surface area contributed by atoms with Crippen LogP contribution in [-0.2, 0) is 12.0 Å². The van der Waals surface area contributed by atoms with Crippen LogP contribution < -0.4 is 10.1 Å². The lowest BCUT2D eigenvalue weighted by Gasteiger charge is -2.20. The molecule has 0 aromatic carbocycles.